The smallest absolute Gasteiger partial charge is 0.256 e. The first-order valence-electron chi connectivity index (χ1n) is 9.92. The van der Waals surface area contributed by atoms with Gasteiger partial charge in [-0.3, -0.25) is 14.4 Å². The third-order valence-electron chi connectivity index (χ3n) is 4.57. The second kappa shape index (κ2) is 15.6. The minimum absolute atomic E-state index is 0.0517. The summed E-state index contributed by atoms with van der Waals surface area (Å²) < 4.78 is 0.859. The number of nitrogens with zero attached hydrogens (tertiary/aromatic N) is 3. The van der Waals surface area contributed by atoms with E-state index in [0.29, 0.717) is 3.57 Å². The van der Waals surface area contributed by atoms with Gasteiger partial charge in [0.15, 0.2) is 0 Å². The summed E-state index contributed by atoms with van der Waals surface area (Å²) in [4.78, 5) is 42.0. The molecule has 1 aromatic rings. The fourth-order valence-electron chi connectivity index (χ4n) is 3.11. The first kappa shape index (κ1) is 31.6. The number of aliphatic hydroxyl groups is 6. The predicted molar refractivity (Wildman–Crippen MR) is 148 cm³/mol. The number of amides is 3. The maximum Gasteiger partial charge on any atom is 0.256 e. The van der Waals surface area contributed by atoms with E-state index in [2.05, 4.69) is 0 Å². The Bertz CT molecular complexity index is 829. The minimum Gasteiger partial charge on any atom is -0.395 e. The number of halogens is 3. The second-order valence-electron chi connectivity index (χ2n) is 6.61. The highest BCUT2D eigenvalue weighted by molar-refractivity contribution is 14.1. The van der Waals surface area contributed by atoms with Crippen molar-refractivity contribution in [3.63, 3.8) is 0 Å². The average molecular weight is 821 g/mol. The molecule has 12 nitrogen and oxygen atoms in total. The van der Waals surface area contributed by atoms with Crippen LogP contribution in [0.3, 0.4) is 0 Å². The van der Waals surface area contributed by atoms with Crippen LogP contribution in [0.15, 0.2) is 0 Å². The Hall–Kier alpha value is -0.420. The lowest BCUT2D eigenvalue weighted by atomic mass is 10.1. The van der Waals surface area contributed by atoms with Gasteiger partial charge in [-0.1, -0.05) is 0 Å². The van der Waals surface area contributed by atoms with Crippen LogP contribution in [0.2, 0.25) is 0 Å². The number of aliphatic hydroxyl groups excluding tert-OH is 6. The van der Waals surface area contributed by atoms with Crippen LogP contribution < -0.4 is 9.80 Å². The SMILES string of the molecule is O=C(c1c(I)c(N(CCO)C(=O)CO)c(I)c(N(CCO)C(=O)CO)c1I)N(CCO)CCO. The number of carbonyl (C=O) groups is 3. The first-order valence-corrected chi connectivity index (χ1v) is 13.2. The molecule has 1 aromatic carbocycles. The third kappa shape index (κ3) is 7.31. The van der Waals surface area contributed by atoms with Crippen molar-refractivity contribution < 1.29 is 45.0 Å². The van der Waals surface area contributed by atoms with Crippen LogP contribution in [0.25, 0.3) is 0 Å². The van der Waals surface area contributed by atoms with Crippen molar-refractivity contribution in [2.24, 2.45) is 0 Å². The maximum atomic E-state index is 13.5. The summed E-state index contributed by atoms with van der Waals surface area (Å²) in [6, 6.07) is 0. The van der Waals surface area contributed by atoms with Crippen molar-refractivity contribution in [2.45, 2.75) is 0 Å². The van der Waals surface area contributed by atoms with E-state index in [4.69, 9.17) is 0 Å². The summed E-state index contributed by atoms with van der Waals surface area (Å²) in [7, 11) is 0. The van der Waals surface area contributed by atoms with E-state index in [1.807, 2.05) is 67.8 Å². The molecule has 0 unspecified atom stereocenters. The lowest BCUT2D eigenvalue weighted by molar-refractivity contribution is -0.122. The molecule has 192 valence electrons. The number of anilines is 2. The average Bonchev–Trinajstić information content (AvgIpc) is 2.81. The predicted octanol–water partition coefficient (Wildman–Crippen LogP) is -1.44. The number of hydrogen-bond donors (Lipinski definition) is 6. The van der Waals surface area contributed by atoms with Crippen LogP contribution in [0, 0.1) is 10.7 Å². The summed E-state index contributed by atoms with van der Waals surface area (Å²) >= 11 is 5.56. The molecule has 0 aromatic heterocycles. The van der Waals surface area contributed by atoms with E-state index in [1.54, 1.807) is 0 Å². The number of hydrogen-bond acceptors (Lipinski definition) is 9. The lowest BCUT2D eigenvalue weighted by Crippen LogP contribution is -2.41. The van der Waals surface area contributed by atoms with Gasteiger partial charge in [0, 0.05) is 26.2 Å². The molecule has 0 radical (unpaired) electrons. The molecule has 0 saturated heterocycles. The van der Waals surface area contributed by atoms with Gasteiger partial charge in [-0.05, 0) is 67.8 Å². The molecule has 0 atom stereocenters. The molecule has 0 saturated carbocycles. The summed E-state index contributed by atoms with van der Waals surface area (Å²) in [6.45, 7) is -4.04. The van der Waals surface area contributed by atoms with E-state index >= 15 is 0 Å². The monoisotopic (exact) mass is 821 g/mol. The molecule has 0 bridgehead atoms. The molecule has 0 aliphatic rings. The van der Waals surface area contributed by atoms with Crippen LogP contribution >= 0.6 is 67.8 Å². The number of carbonyl (C=O) groups excluding carboxylic acids is 3. The van der Waals surface area contributed by atoms with Crippen LogP contribution in [-0.2, 0) is 9.59 Å². The van der Waals surface area contributed by atoms with E-state index in [9.17, 15) is 45.0 Å². The Morgan fingerprint density at radius 1 is 0.588 bits per heavy atom. The van der Waals surface area contributed by atoms with Gasteiger partial charge in [-0.15, -0.1) is 0 Å². The van der Waals surface area contributed by atoms with Crippen LogP contribution in [-0.4, -0.2) is 119 Å². The maximum absolute atomic E-state index is 13.5. The summed E-state index contributed by atoms with van der Waals surface area (Å²) in [5.41, 5.74) is 0.347. The first-order chi connectivity index (χ1) is 16.2. The van der Waals surface area contributed by atoms with Gasteiger partial charge in [-0.25, -0.2) is 0 Å². The van der Waals surface area contributed by atoms with Gasteiger partial charge in [0.2, 0.25) is 0 Å². The molecule has 0 aliphatic carbocycles. The zero-order valence-corrected chi connectivity index (χ0v) is 24.4. The summed E-state index contributed by atoms with van der Waals surface area (Å²) in [5.74, 6) is -2.13. The molecule has 6 N–H and O–H groups in total. The van der Waals surface area contributed by atoms with Crippen molar-refractivity contribution in [1.82, 2.24) is 4.90 Å². The quantitative estimate of drug-likeness (QED) is 0.130. The Balaban J connectivity index is 4.08. The normalized spacial score (nSPS) is 10.9. The van der Waals surface area contributed by atoms with Crippen molar-refractivity contribution in [1.29, 1.82) is 0 Å². The largest absolute Gasteiger partial charge is 0.395 e. The van der Waals surface area contributed by atoms with E-state index < -0.39 is 44.1 Å². The highest BCUT2D eigenvalue weighted by atomic mass is 127. The summed E-state index contributed by atoms with van der Waals surface area (Å²) in [6.07, 6.45) is 0. The molecule has 0 fully saturated rings. The van der Waals surface area contributed by atoms with E-state index in [1.165, 1.54) is 4.90 Å². The topological polar surface area (TPSA) is 182 Å². The van der Waals surface area contributed by atoms with Crippen molar-refractivity contribution in [3.8, 4) is 0 Å². The highest BCUT2D eigenvalue weighted by Crippen LogP contribution is 2.43. The second-order valence-corrected chi connectivity index (χ2v) is 9.84. The molecular formula is C19H26I3N3O9. The van der Waals surface area contributed by atoms with Crippen molar-refractivity contribution in [3.05, 3.63) is 16.3 Å². The third-order valence-corrected chi connectivity index (χ3v) is 7.69. The van der Waals surface area contributed by atoms with E-state index in [-0.39, 0.29) is 63.5 Å². The van der Waals surface area contributed by atoms with Gasteiger partial charge in [0.25, 0.3) is 17.7 Å². The van der Waals surface area contributed by atoms with Gasteiger partial charge in [0.05, 0.1) is 54.1 Å². The standard InChI is InChI=1S/C19H26I3N3O9/c20-14-13(19(34)23(1-5-26)2-6-27)15(21)18(25(4-8-29)12(33)10-31)16(22)17(14)24(3-7-28)11(32)9-30/h26-31H,1-10H2. The molecule has 15 heteroatoms. The Kier molecular flexibility index (Phi) is 14.5. The minimum atomic E-state index is -0.881. The van der Waals surface area contributed by atoms with Gasteiger partial charge >= 0.3 is 0 Å². The molecule has 3 amide bonds. The molecule has 1 rings (SSSR count). The molecule has 0 heterocycles. The molecule has 0 spiro atoms. The summed E-state index contributed by atoms with van der Waals surface area (Å²) in [5, 5.41) is 56.8. The fraction of sp³-hybridized carbons (Fsp3) is 0.526. The van der Waals surface area contributed by atoms with E-state index in [0.717, 1.165) is 9.80 Å². The zero-order chi connectivity index (χ0) is 26.0. The van der Waals surface area contributed by atoms with Gasteiger partial charge in [-0.2, -0.15) is 0 Å². The van der Waals surface area contributed by atoms with Crippen LogP contribution in [0.1, 0.15) is 10.4 Å². The van der Waals surface area contributed by atoms with Crippen molar-refractivity contribution in [2.75, 3.05) is 75.6 Å². The Morgan fingerprint density at radius 3 is 1.24 bits per heavy atom. The van der Waals surface area contributed by atoms with Gasteiger partial charge in [0.1, 0.15) is 13.2 Å². The molecule has 34 heavy (non-hydrogen) atoms. The molecular weight excluding hydrogens is 795 g/mol. The molecule has 0 aliphatic heterocycles. The van der Waals surface area contributed by atoms with Crippen LogP contribution in [0.5, 0.6) is 0 Å². The fourth-order valence-corrected chi connectivity index (χ4v) is 7.90. The number of rotatable bonds is 13. The van der Waals surface area contributed by atoms with Gasteiger partial charge < -0.3 is 45.3 Å². The zero-order valence-electron chi connectivity index (χ0n) is 18.0. The Morgan fingerprint density at radius 2 is 0.941 bits per heavy atom. The lowest BCUT2D eigenvalue weighted by Gasteiger charge is -2.32. The Labute approximate surface area is 236 Å². The van der Waals surface area contributed by atoms with Crippen LogP contribution in [0.4, 0.5) is 11.4 Å². The highest BCUT2D eigenvalue weighted by Gasteiger charge is 2.34. The number of benzene rings is 1. The van der Waals surface area contributed by atoms with Crippen molar-refractivity contribution >= 4 is 96.9 Å².